The largest absolute Gasteiger partial charge is 0.270 e. The number of nitrogens with zero attached hydrogens (tertiary/aromatic N) is 1. The van der Waals surface area contributed by atoms with Gasteiger partial charge in [0.1, 0.15) is 0 Å². The van der Waals surface area contributed by atoms with Crippen LogP contribution < -0.4 is 0 Å². The SMILES string of the molecule is Fc1nc2c(s1)-c1ccccc1Cc1ccc(F)c(F)c1-2. The van der Waals surface area contributed by atoms with E-state index in [1.165, 1.54) is 6.07 Å². The Kier molecular flexibility index (Phi) is 2.65. The predicted molar refractivity (Wildman–Crippen MR) is 75.7 cm³/mol. The molecule has 0 N–H and O–H groups in total. The topological polar surface area (TPSA) is 12.9 Å². The lowest BCUT2D eigenvalue weighted by molar-refractivity contribution is 0.509. The quantitative estimate of drug-likeness (QED) is 0.455. The number of hydrogen-bond acceptors (Lipinski definition) is 2. The molecule has 1 aliphatic rings. The second-order valence-corrected chi connectivity index (χ2v) is 5.82. The van der Waals surface area contributed by atoms with Crippen molar-refractivity contribution in [3.05, 3.63) is 64.4 Å². The summed E-state index contributed by atoms with van der Waals surface area (Å²) < 4.78 is 41.5. The molecule has 0 amide bonds. The zero-order valence-electron chi connectivity index (χ0n) is 10.7. The molecule has 3 aromatic rings. The fourth-order valence-electron chi connectivity index (χ4n) is 2.74. The summed E-state index contributed by atoms with van der Waals surface area (Å²) in [6.07, 6.45) is 0.466. The molecule has 5 heteroatoms. The van der Waals surface area contributed by atoms with Crippen LogP contribution in [-0.4, -0.2) is 4.98 Å². The van der Waals surface area contributed by atoms with Gasteiger partial charge in [0.15, 0.2) is 11.6 Å². The number of benzene rings is 2. The first-order valence-corrected chi connectivity index (χ1v) is 7.18. The van der Waals surface area contributed by atoms with Crippen molar-refractivity contribution in [2.75, 3.05) is 0 Å². The van der Waals surface area contributed by atoms with Crippen LogP contribution in [0.25, 0.3) is 21.7 Å². The molecule has 0 aliphatic heterocycles. The first-order chi connectivity index (χ1) is 10.1. The molecule has 0 saturated heterocycles. The zero-order valence-corrected chi connectivity index (χ0v) is 11.5. The van der Waals surface area contributed by atoms with E-state index in [1.54, 1.807) is 0 Å². The lowest BCUT2D eigenvalue weighted by Gasteiger charge is -2.07. The van der Waals surface area contributed by atoms with Gasteiger partial charge in [-0.15, -0.1) is 0 Å². The van der Waals surface area contributed by atoms with E-state index in [2.05, 4.69) is 4.98 Å². The molecule has 0 atom stereocenters. The van der Waals surface area contributed by atoms with Gasteiger partial charge in [0.2, 0.25) is 0 Å². The number of thiazole rings is 1. The Hall–Kier alpha value is -2.14. The Morgan fingerprint density at radius 3 is 2.62 bits per heavy atom. The fraction of sp³-hybridized carbons (Fsp3) is 0.0625. The van der Waals surface area contributed by atoms with Crippen LogP contribution in [0.15, 0.2) is 36.4 Å². The third-order valence-electron chi connectivity index (χ3n) is 3.66. The molecule has 0 bridgehead atoms. The van der Waals surface area contributed by atoms with Gasteiger partial charge in [-0.2, -0.15) is 4.39 Å². The molecule has 1 aliphatic carbocycles. The maximum absolute atomic E-state index is 14.2. The third kappa shape index (κ3) is 1.81. The Morgan fingerprint density at radius 2 is 1.76 bits per heavy atom. The van der Waals surface area contributed by atoms with Gasteiger partial charge >= 0.3 is 0 Å². The highest BCUT2D eigenvalue weighted by atomic mass is 32.1. The van der Waals surface area contributed by atoms with E-state index in [9.17, 15) is 13.2 Å². The molecular formula is C16H8F3NS. The summed E-state index contributed by atoms with van der Waals surface area (Å²) in [7, 11) is 0. The molecule has 0 radical (unpaired) electrons. The summed E-state index contributed by atoms with van der Waals surface area (Å²) in [5, 5.41) is -0.647. The summed E-state index contributed by atoms with van der Waals surface area (Å²) in [5.41, 5.74) is 2.65. The van der Waals surface area contributed by atoms with Crippen LogP contribution in [0.1, 0.15) is 11.1 Å². The van der Waals surface area contributed by atoms with E-state index in [1.807, 2.05) is 24.3 Å². The number of hydrogen-bond donors (Lipinski definition) is 0. The standard InChI is InChI=1S/C16H8F3NS/c17-11-6-5-9-7-8-3-1-2-4-10(8)15-14(12(9)13(11)18)20-16(19)21-15/h1-6H,7H2. The second-order valence-electron chi connectivity index (χ2n) is 4.87. The minimum absolute atomic E-state index is 0.0707. The van der Waals surface area contributed by atoms with Crippen molar-refractivity contribution < 1.29 is 13.2 Å². The van der Waals surface area contributed by atoms with Crippen LogP contribution >= 0.6 is 11.3 Å². The maximum atomic E-state index is 14.2. The van der Waals surface area contributed by atoms with Gasteiger partial charge in [0.25, 0.3) is 5.26 Å². The number of halogens is 3. The van der Waals surface area contributed by atoms with Gasteiger partial charge in [-0.05, 0) is 29.2 Å². The molecule has 0 unspecified atom stereocenters. The molecule has 2 aromatic carbocycles. The van der Waals surface area contributed by atoms with Gasteiger partial charge in [-0.1, -0.05) is 41.7 Å². The minimum Gasteiger partial charge on any atom is -0.209 e. The van der Waals surface area contributed by atoms with Crippen molar-refractivity contribution >= 4 is 11.3 Å². The summed E-state index contributed by atoms with van der Waals surface area (Å²) in [5.74, 6) is -1.91. The Bertz CT molecular complexity index is 870. The zero-order chi connectivity index (χ0) is 14.6. The molecule has 1 nitrogen and oxygen atoms in total. The molecule has 4 rings (SSSR count). The van der Waals surface area contributed by atoms with E-state index < -0.39 is 16.9 Å². The van der Waals surface area contributed by atoms with E-state index >= 15 is 0 Å². The van der Waals surface area contributed by atoms with Crippen LogP contribution in [-0.2, 0) is 6.42 Å². The summed E-state index contributed by atoms with van der Waals surface area (Å²) in [6, 6.07) is 10.1. The van der Waals surface area contributed by atoms with Crippen LogP contribution in [0.2, 0.25) is 0 Å². The molecule has 104 valence electrons. The lowest BCUT2D eigenvalue weighted by atomic mass is 9.99. The van der Waals surface area contributed by atoms with Crippen molar-refractivity contribution in [2.45, 2.75) is 6.42 Å². The van der Waals surface area contributed by atoms with Crippen molar-refractivity contribution in [3.8, 4) is 21.7 Å². The average Bonchev–Trinajstić information content (AvgIpc) is 2.79. The first kappa shape index (κ1) is 12.6. The monoisotopic (exact) mass is 303 g/mol. The van der Waals surface area contributed by atoms with Crippen molar-refractivity contribution in [2.24, 2.45) is 0 Å². The normalized spacial score (nSPS) is 12.3. The van der Waals surface area contributed by atoms with Crippen molar-refractivity contribution in [3.63, 3.8) is 0 Å². The number of rotatable bonds is 0. The van der Waals surface area contributed by atoms with E-state index in [0.717, 1.165) is 28.5 Å². The first-order valence-electron chi connectivity index (χ1n) is 6.37. The molecule has 1 aromatic heterocycles. The Balaban J connectivity index is 2.14. The summed E-state index contributed by atoms with van der Waals surface area (Å²) >= 11 is 0.857. The highest BCUT2D eigenvalue weighted by Gasteiger charge is 2.27. The summed E-state index contributed by atoms with van der Waals surface area (Å²) in [6.45, 7) is 0. The van der Waals surface area contributed by atoms with Crippen LogP contribution in [0.3, 0.4) is 0 Å². The van der Waals surface area contributed by atoms with E-state index in [4.69, 9.17) is 0 Å². The highest BCUT2D eigenvalue weighted by molar-refractivity contribution is 7.14. The highest BCUT2D eigenvalue weighted by Crippen LogP contribution is 2.44. The predicted octanol–water partition coefficient (Wildman–Crippen LogP) is 4.80. The minimum atomic E-state index is -0.966. The second kappa shape index (κ2) is 4.43. The van der Waals surface area contributed by atoms with Gasteiger partial charge in [-0.3, -0.25) is 0 Å². The lowest BCUT2D eigenvalue weighted by Crippen LogP contribution is -1.97. The Morgan fingerprint density at radius 1 is 0.952 bits per heavy atom. The van der Waals surface area contributed by atoms with E-state index in [-0.39, 0.29) is 11.3 Å². The molecule has 1 heterocycles. The fourth-order valence-corrected chi connectivity index (χ4v) is 3.60. The van der Waals surface area contributed by atoms with Crippen LogP contribution in [0, 0.1) is 16.9 Å². The molecular weight excluding hydrogens is 295 g/mol. The smallest absolute Gasteiger partial charge is 0.209 e. The Labute approximate surface area is 122 Å². The van der Waals surface area contributed by atoms with Gasteiger partial charge < -0.3 is 0 Å². The third-order valence-corrected chi connectivity index (χ3v) is 4.54. The van der Waals surface area contributed by atoms with Crippen LogP contribution in [0.4, 0.5) is 13.2 Å². The van der Waals surface area contributed by atoms with E-state index in [0.29, 0.717) is 16.9 Å². The molecule has 21 heavy (non-hydrogen) atoms. The summed E-state index contributed by atoms with van der Waals surface area (Å²) in [4.78, 5) is 4.35. The van der Waals surface area contributed by atoms with Crippen molar-refractivity contribution in [1.82, 2.24) is 4.98 Å². The van der Waals surface area contributed by atoms with Crippen LogP contribution in [0.5, 0.6) is 0 Å². The number of fused-ring (bicyclic) bond motifs is 5. The molecule has 0 fully saturated rings. The van der Waals surface area contributed by atoms with Gasteiger partial charge in [0, 0.05) is 5.56 Å². The average molecular weight is 303 g/mol. The van der Waals surface area contributed by atoms with Crippen molar-refractivity contribution in [1.29, 1.82) is 0 Å². The van der Waals surface area contributed by atoms with Gasteiger partial charge in [0.05, 0.1) is 10.6 Å². The molecule has 0 spiro atoms. The maximum Gasteiger partial charge on any atom is 0.270 e. The molecule has 0 saturated carbocycles. The number of aromatic nitrogens is 1. The van der Waals surface area contributed by atoms with Gasteiger partial charge in [-0.25, -0.2) is 13.8 Å².